The van der Waals surface area contributed by atoms with Gasteiger partial charge in [0, 0.05) is 17.4 Å². The molecular weight excluding hydrogens is 387 g/mol. The van der Waals surface area contributed by atoms with Crippen molar-refractivity contribution in [2.45, 2.75) is 23.0 Å². The number of ether oxygens (including phenoxy) is 1. The summed E-state index contributed by atoms with van der Waals surface area (Å²) in [6.07, 6.45) is -4.34. The second-order valence-corrected chi connectivity index (χ2v) is 7.98. The Morgan fingerprint density at radius 2 is 1.70 bits per heavy atom. The molecule has 1 aliphatic carbocycles. The highest BCUT2D eigenvalue weighted by Gasteiger charge is 2.57. The summed E-state index contributed by atoms with van der Waals surface area (Å²) in [7, 11) is -4.00. The lowest BCUT2D eigenvalue weighted by Crippen LogP contribution is -2.26. The van der Waals surface area contributed by atoms with E-state index in [0.29, 0.717) is 0 Å². The monoisotopic (exact) mass is 399 g/mol. The molecule has 0 bridgehead atoms. The number of aliphatic hydroxyl groups excluding tert-OH is 2. The summed E-state index contributed by atoms with van der Waals surface area (Å²) in [6.45, 7) is 0. The summed E-state index contributed by atoms with van der Waals surface area (Å²) < 4.78 is 70.8. The van der Waals surface area contributed by atoms with Crippen molar-refractivity contribution in [3.8, 4) is 17.6 Å². The van der Waals surface area contributed by atoms with Crippen LogP contribution in [-0.4, -0.2) is 30.8 Å². The molecule has 27 heavy (non-hydrogen) atoms. The van der Waals surface area contributed by atoms with Gasteiger partial charge >= 0.3 is 5.92 Å². The molecule has 2 N–H and O–H groups in total. The highest BCUT2D eigenvalue weighted by atomic mass is 32.2. The molecule has 2 aromatic rings. The van der Waals surface area contributed by atoms with Crippen molar-refractivity contribution < 1.29 is 36.5 Å². The van der Waals surface area contributed by atoms with Crippen molar-refractivity contribution in [3.05, 3.63) is 52.8 Å². The van der Waals surface area contributed by atoms with Gasteiger partial charge in [0.25, 0.3) is 0 Å². The first-order chi connectivity index (χ1) is 12.5. The highest BCUT2D eigenvalue weighted by molar-refractivity contribution is 7.90. The van der Waals surface area contributed by atoms with Crippen molar-refractivity contribution in [2.24, 2.45) is 0 Å². The fourth-order valence-corrected chi connectivity index (χ4v) is 3.84. The summed E-state index contributed by atoms with van der Waals surface area (Å²) in [5, 5.41) is 29.0. The molecule has 2 atom stereocenters. The first-order valence-electron chi connectivity index (χ1n) is 7.46. The molecule has 10 heteroatoms. The van der Waals surface area contributed by atoms with E-state index < -0.39 is 49.8 Å². The minimum Gasteiger partial charge on any atom is -0.456 e. The lowest BCUT2D eigenvalue weighted by molar-refractivity contribution is -0.166. The van der Waals surface area contributed by atoms with Crippen LogP contribution in [0, 0.1) is 17.1 Å². The van der Waals surface area contributed by atoms with Gasteiger partial charge in [-0.1, -0.05) is 0 Å². The molecule has 0 aliphatic heterocycles. The van der Waals surface area contributed by atoms with E-state index in [1.807, 2.05) is 0 Å². The second kappa shape index (κ2) is 6.23. The summed E-state index contributed by atoms with van der Waals surface area (Å²) >= 11 is 0. The number of hydrogen-bond donors (Lipinski definition) is 2. The molecule has 0 saturated carbocycles. The van der Waals surface area contributed by atoms with E-state index in [-0.39, 0.29) is 17.1 Å². The minimum absolute atomic E-state index is 0.190. The third kappa shape index (κ3) is 3.03. The average molecular weight is 399 g/mol. The van der Waals surface area contributed by atoms with Crippen molar-refractivity contribution in [1.82, 2.24) is 0 Å². The number of alkyl halides is 2. The number of fused-ring (bicyclic) bond motifs is 1. The summed E-state index contributed by atoms with van der Waals surface area (Å²) in [5.41, 5.74) is -1.52. The molecule has 1 aliphatic rings. The molecule has 0 radical (unpaired) electrons. The molecule has 0 aromatic heterocycles. The maximum Gasteiger partial charge on any atom is 0.307 e. The number of aliphatic hydroxyl groups is 2. The molecule has 0 fully saturated rings. The number of sulfone groups is 1. The third-order valence-corrected chi connectivity index (χ3v) is 5.32. The van der Waals surface area contributed by atoms with Gasteiger partial charge in [0.1, 0.15) is 35.6 Å². The van der Waals surface area contributed by atoms with Crippen LogP contribution in [0.25, 0.3) is 0 Å². The Bertz CT molecular complexity index is 1080. The van der Waals surface area contributed by atoms with Crippen molar-refractivity contribution in [1.29, 1.82) is 5.26 Å². The Morgan fingerprint density at radius 1 is 1.11 bits per heavy atom. The number of benzene rings is 2. The van der Waals surface area contributed by atoms with Crippen molar-refractivity contribution in [2.75, 3.05) is 6.26 Å². The van der Waals surface area contributed by atoms with E-state index in [1.54, 1.807) is 6.07 Å². The minimum atomic E-state index is -4.05. The smallest absolute Gasteiger partial charge is 0.307 e. The summed E-state index contributed by atoms with van der Waals surface area (Å²) in [5.74, 6) is -5.35. The Balaban J connectivity index is 2.23. The molecule has 0 spiro atoms. The predicted octanol–water partition coefficient (Wildman–Crippen LogP) is 2.61. The second-order valence-electron chi connectivity index (χ2n) is 6.00. The molecule has 6 nitrogen and oxygen atoms in total. The quantitative estimate of drug-likeness (QED) is 0.822. The Kier molecular flexibility index (Phi) is 4.42. The van der Waals surface area contributed by atoms with Gasteiger partial charge in [-0.3, -0.25) is 0 Å². The summed E-state index contributed by atoms with van der Waals surface area (Å²) in [4.78, 5) is -0.576. The van der Waals surface area contributed by atoms with Gasteiger partial charge in [0.2, 0.25) is 0 Å². The predicted molar refractivity (Wildman–Crippen MR) is 85.6 cm³/mol. The lowest BCUT2D eigenvalue weighted by atomic mass is 10.1. The first kappa shape index (κ1) is 19.2. The van der Waals surface area contributed by atoms with Gasteiger partial charge in [-0.25, -0.2) is 21.6 Å². The van der Waals surface area contributed by atoms with Gasteiger partial charge in [0.15, 0.2) is 9.84 Å². The molecule has 142 valence electrons. The van der Waals surface area contributed by atoms with E-state index in [9.17, 15) is 31.8 Å². The molecular formula is C17H12F3NO5S. The van der Waals surface area contributed by atoms with Crippen LogP contribution in [0.5, 0.6) is 11.5 Å². The van der Waals surface area contributed by atoms with E-state index in [4.69, 9.17) is 10.00 Å². The Morgan fingerprint density at radius 3 is 2.30 bits per heavy atom. The zero-order valence-electron chi connectivity index (χ0n) is 13.6. The van der Waals surface area contributed by atoms with Crippen LogP contribution in [0.15, 0.2) is 35.2 Å². The van der Waals surface area contributed by atoms with Crippen LogP contribution >= 0.6 is 0 Å². The van der Waals surface area contributed by atoms with Crippen molar-refractivity contribution in [3.63, 3.8) is 0 Å². The number of nitriles is 1. The third-order valence-electron chi connectivity index (χ3n) is 4.16. The van der Waals surface area contributed by atoms with E-state index >= 15 is 0 Å². The Labute approximate surface area is 152 Å². The highest BCUT2D eigenvalue weighted by Crippen LogP contribution is 2.55. The average Bonchev–Trinajstić information content (AvgIpc) is 2.77. The van der Waals surface area contributed by atoms with Crippen LogP contribution in [0.3, 0.4) is 0 Å². The van der Waals surface area contributed by atoms with Crippen LogP contribution in [0.2, 0.25) is 0 Å². The maximum absolute atomic E-state index is 14.2. The first-order valence-corrected chi connectivity index (χ1v) is 9.36. The molecule has 0 saturated heterocycles. The zero-order chi connectivity index (χ0) is 20.1. The zero-order valence-corrected chi connectivity index (χ0v) is 14.5. The number of halogens is 3. The normalized spacial score (nSPS) is 20.8. The van der Waals surface area contributed by atoms with Crippen LogP contribution in [0.1, 0.15) is 28.9 Å². The molecule has 0 heterocycles. The largest absolute Gasteiger partial charge is 0.456 e. The summed E-state index contributed by atoms with van der Waals surface area (Å²) in [6, 6.07) is 6.57. The number of hydrogen-bond acceptors (Lipinski definition) is 6. The van der Waals surface area contributed by atoms with E-state index in [2.05, 4.69) is 0 Å². The van der Waals surface area contributed by atoms with Crippen LogP contribution in [0.4, 0.5) is 13.2 Å². The lowest BCUT2D eigenvalue weighted by Gasteiger charge is -2.18. The standard InChI is InChI=1S/C17H12F3NO5S/c1-27(24,25)12-5-4-11(13-14(12)16(23)17(19,20)15(13)22)26-10-3-2-9(18)6-8(10)7-21/h2-6,15-16,22-23H,1H3/t15-,16-/m0/s1. The van der Waals surface area contributed by atoms with E-state index in [1.165, 1.54) is 0 Å². The van der Waals surface area contributed by atoms with Gasteiger partial charge in [0.05, 0.1) is 10.5 Å². The van der Waals surface area contributed by atoms with Gasteiger partial charge in [-0.05, 0) is 30.3 Å². The van der Waals surface area contributed by atoms with Crippen molar-refractivity contribution >= 4 is 9.84 Å². The number of rotatable bonds is 3. The fraction of sp³-hybridized carbons (Fsp3) is 0.235. The molecule has 2 aromatic carbocycles. The van der Waals surface area contributed by atoms with Gasteiger partial charge in [-0.15, -0.1) is 0 Å². The van der Waals surface area contributed by atoms with Gasteiger partial charge < -0.3 is 14.9 Å². The fourth-order valence-electron chi connectivity index (χ4n) is 2.90. The topological polar surface area (TPSA) is 108 Å². The molecule has 0 unspecified atom stereocenters. The van der Waals surface area contributed by atoms with Gasteiger partial charge in [-0.2, -0.15) is 5.26 Å². The Hall–Kier alpha value is -2.61. The maximum atomic E-state index is 14.2. The SMILES string of the molecule is CS(=O)(=O)c1ccc(Oc2ccc(F)cc2C#N)c2c1[C@H](O)C(F)(F)[C@H]2O. The molecule has 0 amide bonds. The molecule has 3 rings (SSSR count). The van der Waals surface area contributed by atoms with Crippen LogP contribution in [-0.2, 0) is 9.84 Å². The number of nitrogens with zero attached hydrogens (tertiary/aromatic N) is 1. The van der Waals surface area contributed by atoms with Crippen LogP contribution < -0.4 is 4.74 Å². The van der Waals surface area contributed by atoms with E-state index in [0.717, 1.165) is 36.6 Å².